The molecule has 3 saturated carbocycles. The van der Waals surface area contributed by atoms with Crippen LogP contribution >= 0.6 is 0 Å². The van der Waals surface area contributed by atoms with Crippen molar-refractivity contribution in [3.63, 3.8) is 0 Å². The lowest BCUT2D eigenvalue weighted by Gasteiger charge is -2.47. The third-order valence-electron chi connectivity index (χ3n) is 8.66. The number of aromatic nitrogens is 4. The summed E-state index contributed by atoms with van der Waals surface area (Å²) in [4.78, 5) is 17.2. The van der Waals surface area contributed by atoms with Crippen LogP contribution in [0, 0.1) is 23.6 Å². The van der Waals surface area contributed by atoms with Gasteiger partial charge in [0.25, 0.3) is 0 Å². The monoisotopic (exact) mass is 471 g/mol. The minimum absolute atomic E-state index is 0.376. The van der Waals surface area contributed by atoms with E-state index in [1.807, 2.05) is 12.3 Å². The van der Waals surface area contributed by atoms with E-state index in [9.17, 15) is 4.39 Å². The fourth-order valence-electron chi connectivity index (χ4n) is 6.72. The van der Waals surface area contributed by atoms with Gasteiger partial charge < -0.3 is 14.7 Å². The Labute approximate surface area is 203 Å². The minimum atomic E-state index is -0.376. The summed E-state index contributed by atoms with van der Waals surface area (Å²) in [5, 5.41) is 4.48. The van der Waals surface area contributed by atoms with E-state index in [0.29, 0.717) is 34.7 Å². The zero-order chi connectivity index (χ0) is 23.5. The van der Waals surface area contributed by atoms with E-state index in [1.54, 1.807) is 0 Å². The first-order chi connectivity index (χ1) is 17.1. The standard InChI is InChI=1S/C28H30FN5O/c1-15-16-6-8-17(9-7-16)26(15)33-25-12-22(24-10-18-4-2-3-5-23(18)35-24)32-28(34-25)21-14-31-27-20(21)11-19(29)13-30-27/h10-17,26H,2-9H2,1H3,(H,30,31)(H,32,33,34). The second-order valence-electron chi connectivity index (χ2n) is 10.7. The molecular weight excluding hydrogens is 441 g/mol. The van der Waals surface area contributed by atoms with Crippen molar-refractivity contribution in [2.45, 2.75) is 64.3 Å². The highest BCUT2D eigenvalue weighted by molar-refractivity contribution is 5.92. The van der Waals surface area contributed by atoms with Crippen LogP contribution in [0.2, 0.25) is 0 Å². The van der Waals surface area contributed by atoms with Gasteiger partial charge in [0.05, 0.1) is 6.20 Å². The summed E-state index contributed by atoms with van der Waals surface area (Å²) in [5.41, 5.74) is 3.42. The fourth-order valence-corrected chi connectivity index (χ4v) is 6.72. The topological polar surface area (TPSA) is 79.6 Å². The number of rotatable bonds is 4. The molecule has 6 nitrogen and oxygen atoms in total. The molecule has 0 aliphatic heterocycles. The van der Waals surface area contributed by atoms with Crippen molar-refractivity contribution in [2.24, 2.45) is 17.8 Å². The van der Waals surface area contributed by atoms with Crippen LogP contribution in [0.4, 0.5) is 10.2 Å². The first-order valence-electron chi connectivity index (χ1n) is 13.0. The quantitative estimate of drug-likeness (QED) is 0.353. The summed E-state index contributed by atoms with van der Waals surface area (Å²) in [7, 11) is 0. The molecule has 0 aromatic carbocycles. The fraction of sp³-hybridized carbons (Fsp3) is 0.464. The molecule has 2 unspecified atom stereocenters. The van der Waals surface area contributed by atoms with Crippen molar-refractivity contribution in [1.82, 2.24) is 19.9 Å². The predicted octanol–water partition coefficient (Wildman–Crippen LogP) is 6.53. The van der Waals surface area contributed by atoms with E-state index in [0.717, 1.165) is 53.8 Å². The van der Waals surface area contributed by atoms with Gasteiger partial charge in [-0.05, 0) is 80.4 Å². The molecule has 4 heterocycles. The van der Waals surface area contributed by atoms with Crippen molar-refractivity contribution >= 4 is 16.9 Å². The van der Waals surface area contributed by atoms with Crippen molar-refractivity contribution in [3.05, 3.63) is 47.7 Å². The molecule has 0 amide bonds. The van der Waals surface area contributed by atoms with Crippen LogP contribution in [0.25, 0.3) is 33.9 Å². The third kappa shape index (κ3) is 3.63. The summed E-state index contributed by atoms with van der Waals surface area (Å²) in [6.45, 7) is 2.38. The van der Waals surface area contributed by atoms with Crippen LogP contribution < -0.4 is 5.32 Å². The van der Waals surface area contributed by atoms with Gasteiger partial charge in [0.1, 0.15) is 28.7 Å². The van der Waals surface area contributed by atoms with E-state index < -0.39 is 0 Å². The van der Waals surface area contributed by atoms with Gasteiger partial charge >= 0.3 is 0 Å². The lowest BCUT2D eigenvalue weighted by molar-refractivity contribution is 0.0928. The number of nitrogens with one attached hydrogen (secondary N) is 2. The minimum Gasteiger partial charge on any atom is -0.459 e. The molecule has 2 atom stereocenters. The maximum Gasteiger partial charge on any atom is 0.164 e. The van der Waals surface area contributed by atoms with E-state index in [-0.39, 0.29) is 5.82 Å². The number of halogens is 1. The van der Waals surface area contributed by atoms with Crippen molar-refractivity contribution in [2.75, 3.05) is 5.32 Å². The number of pyridine rings is 1. The largest absolute Gasteiger partial charge is 0.459 e. The molecule has 7 heteroatoms. The van der Waals surface area contributed by atoms with E-state index in [1.165, 1.54) is 49.9 Å². The summed E-state index contributed by atoms with van der Waals surface area (Å²) in [6.07, 6.45) is 12.7. The Morgan fingerprint density at radius 1 is 1.03 bits per heavy atom. The van der Waals surface area contributed by atoms with Crippen molar-refractivity contribution in [1.29, 1.82) is 0 Å². The zero-order valence-electron chi connectivity index (χ0n) is 20.0. The lowest BCUT2D eigenvalue weighted by atomic mass is 9.62. The van der Waals surface area contributed by atoms with Crippen molar-refractivity contribution < 1.29 is 8.81 Å². The molecule has 0 radical (unpaired) electrons. The Kier molecular flexibility index (Phi) is 4.93. The van der Waals surface area contributed by atoms with Crippen LogP contribution in [0.3, 0.4) is 0 Å². The van der Waals surface area contributed by atoms with Gasteiger partial charge in [0, 0.05) is 35.7 Å². The number of aryl methyl sites for hydroxylation is 2. The van der Waals surface area contributed by atoms with E-state index in [4.69, 9.17) is 14.4 Å². The molecule has 2 N–H and O–H groups in total. The number of anilines is 1. The number of fused-ring (bicyclic) bond motifs is 5. The van der Waals surface area contributed by atoms with Gasteiger partial charge in [0.15, 0.2) is 11.6 Å². The van der Waals surface area contributed by atoms with E-state index >= 15 is 0 Å². The summed E-state index contributed by atoms with van der Waals surface area (Å²) in [6, 6.07) is 6.07. The number of nitrogens with zero attached hydrogens (tertiary/aromatic N) is 3. The predicted molar refractivity (Wildman–Crippen MR) is 133 cm³/mol. The van der Waals surface area contributed by atoms with Gasteiger partial charge in [-0.3, -0.25) is 0 Å². The summed E-state index contributed by atoms with van der Waals surface area (Å²) in [5.74, 6) is 4.93. The average molecular weight is 472 g/mol. The van der Waals surface area contributed by atoms with Gasteiger partial charge in [-0.15, -0.1) is 0 Å². The number of aromatic amines is 1. The Morgan fingerprint density at radius 3 is 2.69 bits per heavy atom. The Morgan fingerprint density at radius 2 is 1.86 bits per heavy atom. The zero-order valence-corrected chi connectivity index (χ0v) is 20.0. The van der Waals surface area contributed by atoms with Gasteiger partial charge in [-0.2, -0.15) is 0 Å². The highest BCUT2D eigenvalue weighted by atomic mass is 19.1. The Balaban J connectivity index is 1.33. The second-order valence-corrected chi connectivity index (χ2v) is 10.7. The number of hydrogen-bond donors (Lipinski definition) is 2. The second kappa shape index (κ2) is 8.18. The lowest BCUT2D eigenvalue weighted by Crippen LogP contribution is -2.47. The first-order valence-corrected chi connectivity index (χ1v) is 13.0. The molecule has 0 spiro atoms. The van der Waals surface area contributed by atoms with Crippen LogP contribution in [0.15, 0.2) is 35.0 Å². The molecule has 4 aromatic rings. The first kappa shape index (κ1) is 21.1. The Bertz CT molecular complexity index is 1370. The third-order valence-corrected chi connectivity index (χ3v) is 8.66. The molecule has 3 fully saturated rings. The van der Waals surface area contributed by atoms with Crippen LogP contribution in [-0.2, 0) is 12.8 Å². The molecule has 4 aliphatic rings. The smallest absolute Gasteiger partial charge is 0.164 e. The highest BCUT2D eigenvalue weighted by Gasteiger charge is 2.41. The number of hydrogen-bond acceptors (Lipinski definition) is 5. The molecule has 4 aliphatic carbocycles. The van der Waals surface area contributed by atoms with Crippen LogP contribution in [0.1, 0.15) is 56.8 Å². The van der Waals surface area contributed by atoms with Crippen LogP contribution in [0.5, 0.6) is 0 Å². The molecular formula is C28H30FN5O. The number of H-pyrrole nitrogens is 1. The average Bonchev–Trinajstić information content (AvgIpc) is 3.50. The summed E-state index contributed by atoms with van der Waals surface area (Å²) >= 11 is 0. The maximum absolute atomic E-state index is 14.1. The molecule has 0 saturated heterocycles. The van der Waals surface area contributed by atoms with Gasteiger partial charge in [0.2, 0.25) is 0 Å². The maximum atomic E-state index is 14.1. The summed E-state index contributed by atoms with van der Waals surface area (Å²) < 4.78 is 20.3. The molecule has 35 heavy (non-hydrogen) atoms. The molecule has 4 aromatic heterocycles. The SMILES string of the molecule is CC1C2CCC(CC2)C1Nc1cc(-c2cc3c(o2)CCCC3)nc(-c2c[nH]c3ncc(F)cc23)n1. The molecule has 2 bridgehead atoms. The molecule has 180 valence electrons. The van der Waals surface area contributed by atoms with Gasteiger partial charge in [-0.25, -0.2) is 19.3 Å². The van der Waals surface area contributed by atoms with Crippen LogP contribution in [-0.4, -0.2) is 26.0 Å². The highest BCUT2D eigenvalue weighted by Crippen LogP contribution is 2.46. The Hall–Kier alpha value is -3.22. The normalized spacial score (nSPS) is 25.7. The van der Waals surface area contributed by atoms with Gasteiger partial charge in [-0.1, -0.05) is 6.92 Å². The number of furan rings is 1. The van der Waals surface area contributed by atoms with E-state index in [2.05, 4.69) is 28.3 Å². The molecule has 8 rings (SSSR count). The van der Waals surface area contributed by atoms with Crippen molar-refractivity contribution in [3.8, 4) is 22.8 Å².